The van der Waals surface area contributed by atoms with Gasteiger partial charge in [0.25, 0.3) is 5.91 Å². The number of carbonyl (C=O) groups is 1. The first-order valence-corrected chi connectivity index (χ1v) is 8.52. The van der Waals surface area contributed by atoms with Crippen LogP contribution in [0.2, 0.25) is 0 Å². The molecule has 0 aliphatic rings. The van der Waals surface area contributed by atoms with Crippen molar-refractivity contribution >= 4 is 38.9 Å². The van der Waals surface area contributed by atoms with Crippen LogP contribution in [-0.2, 0) is 0 Å². The summed E-state index contributed by atoms with van der Waals surface area (Å²) >= 11 is 3.36. The summed E-state index contributed by atoms with van der Waals surface area (Å²) in [6.45, 7) is 0. The van der Waals surface area contributed by atoms with E-state index in [1.165, 1.54) is 0 Å². The van der Waals surface area contributed by atoms with E-state index >= 15 is 0 Å². The number of rotatable bonds is 5. The van der Waals surface area contributed by atoms with Crippen molar-refractivity contribution in [2.45, 2.75) is 0 Å². The first kappa shape index (κ1) is 17.0. The zero-order chi connectivity index (χ0) is 17.6. The molecule has 0 bridgehead atoms. The van der Waals surface area contributed by atoms with Crippen LogP contribution in [0.5, 0.6) is 5.75 Å². The molecule has 3 rings (SSSR count). The minimum Gasteiger partial charge on any atom is -0.495 e. The largest absolute Gasteiger partial charge is 0.495 e. The fourth-order valence-electron chi connectivity index (χ4n) is 2.34. The maximum Gasteiger partial charge on any atom is 0.255 e. The number of hydrogen-bond acceptors (Lipinski definition) is 3. The van der Waals surface area contributed by atoms with Crippen molar-refractivity contribution in [3.05, 3.63) is 82.8 Å². The van der Waals surface area contributed by atoms with Crippen LogP contribution in [0.4, 0.5) is 17.1 Å². The zero-order valence-corrected chi connectivity index (χ0v) is 15.2. The first-order valence-electron chi connectivity index (χ1n) is 7.73. The second-order valence-electron chi connectivity index (χ2n) is 5.36. The van der Waals surface area contributed by atoms with Gasteiger partial charge < -0.3 is 15.4 Å². The molecule has 0 aromatic heterocycles. The predicted octanol–water partition coefficient (Wildman–Crippen LogP) is 5.45. The SMILES string of the molecule is COc1ccccc1Nc1ccc(NC(=O)c2ccc(Br)cc2)cc1. The molecule has 0 radical (unpaired) electrons. The third-order valence-electron chi connectivity index (χ3n) is 3.64. The molecule has 0 unspecified atom stereocenters. The Morgan fingerprint density at radius 2 is 1.52 bits per heavy atom. The Balaban J connectivity index is 1.68. The summed E-state index contributed by atoms with van der Waals surface area (Å²) in [7, 11) is 1.64. The van der Waals surface area contributed by atoms with Crippen LogP contribution < -0.4 is 15.4 Å². The molecular weight excluding hydrogens is 380 g/mol. The maximum atomic E-state index is 12.2. The van der Waals surface area contributed by atoms with Gasteiger partial charge in [-0.25, -0.2) is 0 Å². The van der Waals surface area contributed by atoms with Crippen LogP contribution in [0.1, 0.15) is 10.4 Å². The lowest BCUT2D eigenvalue weighted by molar-refractivity contribution is 0.102. The number of benzene rings is 3. The third-order valence-corrected chi connectivity index (χ3v) is 4.16. The molecule has 0 aliphatic carbocycles. The summed E-state index contributed by atoms with van der Waals surface area (Å²) in [5, 5.41) is 6.18. The Kier molecular flexibility index (Phi) is 5.36. The molecule has 3 aromatic rings. The van der Waals surface area contributed by atoms with Gasteiger partial charge in [0.2, 0.25) is 0 Å². The van der Waals surface area contributed by atoms with Gasteiger partial charge in [-0.2, -0.15) is 0 Å². The number of amides is 1. The van der Waals surface area contributed by atoms with E-state index in [0.717, 1.165) is 27.3 Å². The van der Waals surface area contributed by atoms with E-state index < -0.39 is 0 Å². The lowest BCUT2D eigenvalue weighted by Gasteiger charge is -2.11. The average Bonchev–Trinajstić information content (AvgIpc) is 2.64. The number of nitrogens with one attached hydrogen (secondary N) is 2. The van der Waals surface area contributed by atoms with E-state index in [4.69, 9.17) is 4.74 Å². The van der Waals surface area contributed by atoms with Crippen molar-refractivity contribution in [2.75, 3.05) is 17.7 Å². The molecule has 0 saturated heterocycles. The van der Waals surface area contributed by atoms with Gasteiger partial charge in [0, 0.05) is 21.4 Å². The molecule has 126 valence electrons. The number of halogens is 1. The normalized spacial score (nSPS) is 10.2. The standard InChI is InChI=1S/C20H17BrN2O2/c1-25-19-5-3-2-4-18(19)22-16-10-12-17(13-11-16)23-20(24)14-6-8-15(21)9-7-14/h2-13,22H,1H3,(H,23,24). The minimum atomic E-state index is -0.141. The molecule has 2 N–H and O–H groups in total. The zero-order valence-electron chi connectivity index (χ0n) is 13.6. The van der Waals surface area contributed by atoms with Crippen LogP contribution >= 0.6 is 15.9 Å². The quantitative estimate of drug-likeness (QED) is 0.602. The highest BCUT2D eigenvalue weighted by molar-refractivity contribution is 9.10. The summed E-state index contributed by atoms with van der Waals surface area (Å²) in [6.07, 6.45) is 0. The van der Waals surface area contributed by atoms with Gasteiger partial charge in [0.15, 0.2) is 0 Å². The van der Waals surface area contributed by atoms with Gasteiger partial charge in [-0.05, 0) is 60.7 Å². The Labute approximate surface area is 155 Å². The second-order valence-corrected chi connectivity index (χ2v) is 6.28. The highest BCUT2D eigenvalue weighted by Crippen LogP contribution is 2.27. The molecule has 5 heteroatoms. The minimum absolute atomic E-state index is 0.141. The van der Waals surface area contributed by atoms with Crippen LogP contribution in [0.15, 0.2) is 77.3 Å². The molecule has 0 aliphatic heterocycles. The topological polar surface area (TPSA) is 50.4 Å². The van der Waals surface area contributed by atoms with E-state index in [2.05, 4.69) is 26.6 Å². The van der Waals surface area contributed by atoms with Crippen molar-refractivity contribution in [3.63, 3.8) is 0 Å². The molecule has 0 heterocycles. The van der Waals surface area contributed by atoms with E-state index in [1.807, 2.05) is 60.7 Å². The van der Waals surface area contributed by atoms with Crippen molar-refractivity contribution in [1.82, 2.24) is 0 Å². The second kappa shape index (κ2) is 7.85. The summed E-state index contributed by atoms with van der Waals surface area (Å²) in [4.78, 5) is 12.2. The molecule has 3 aromatic carbocycles. The number of carbonyl (C=O) groups excluding carboxylic acids is 1. The number of hydrogen-bond donors (Lipinski definition) is 2. The fourth-order valence-corrected chi connectivity index (χ4v) is 2.61. The Hall–Kier alpha value is -2.79. The number of ether oxygens (including phenoxy) is 1. The average molecular weight is 397 g/mol. The Bertz CT molecular complexity index is 862. The molecule has 0 spiro atoms. The predicted molar refractivity (Wildman–Crippen MR) is 105 cm³/mol. The lowest BCUT2D eigenvalue weighted by Crippen LogP contribution is -2.11. The summed E-state index contributed by atoms with van der Waals surface area (Å²) < 4.78 is 6.27. The molecule has 1 amide bonds. The van der Waals surface area contributed by atoms with Crippen LogP contribution in [0, 0.1) is 0 Å². The third kappa shape index (κ3) is 4.39. The Morgan fingerprint density at radius 1 is 0.880 bits per heavy atom. The summed E-state index contributed by atoms with van der Waals surface area (Å²) in [6, 6.07) is 22.5. The first-order chi connectivity index (χ1) is 12.2. The molecule has 0 atom stereocenters. The molecule has 4 nitrogen and oxygen atoms in total. The molecule has 0 saturated carbocycles. The monoisotopic (exact) mass is 396 g/mol. The van der Waals surface area contributed by atoms with Gasteiger partial charge in [0.1, 0.15) is 5.75 Å². The molecule has 25 heavy (non-hydrogen) atoms. The maximum absolute atomic E-state index is 12.2. The number of methoxy groups -OCH3 is 1. The molecule has 0 fully saturated rings. The summed E-state index contributed by atoms with van der Waals surface area (Å²) in [5.41, 5.74) is 3.14. The van der Waals surface area contributed by atoms with E-state index in [9.17, 15) is 4.79 Å². The highest BCUT2D eigenvalue weighted by Gasteiger charge is 2.06. The smallest absolute Gasteiger partial charge is 0.255 e. The Morgan fingerprint density at radius 3 is 2.20 bits per heavy atom. The van der Waals surface area contributed by atoms with E-state index in [-0.39, 0.29) is 5.91 Å². The number of anilines is 3. The van der Waals surface area contributed by atoms with Crippen LogP contribution in [0.25, 0.3) is 0 Å². The van der Waals surface area contributed by atoms with E-state index in [1.54, 1.807) is 19.2 Å². The van der Waals surface area contributed by atoms with Crippen LogP contribution in [0.3, 0.4) is 0 Å². The molecular formula is C20H17BrN2O2. The van der Waals surface area contributed by atoms with E-state index in [0.29, 0.717) is 5.56 Å². The number of para-hydroxylation sites is 2. The van der Waals surface area contributed by atoms with Crippen LogP contribution in [-0.4, -0.2) is 13.0 Å². The highest BCUT2D eigenvalue weighted by atomic mass is 79.9. The van der Waals surface area contributed by atoms with Gasteiger partial charge in [-0.1, -0.05) is 28.1 Å². The van der Waals surface area contributed by atoms with Crippen molar-refractivity contribution in [1.29, 1.82) is 0 Å². The van der Waals surface area contributed by atoms with Gasteiger partial charge >= 0.3 is 0 Å². The van der Waals surface area contributed by atoms with Crippen molar-refractivity contribution in [3.8, 4) is 5.75 Å². The summed E-state index contributed by atoms with van der Waals surface area (Å²) in [5.74, 6) is 0.632. The fraction of sp³-hybridized carbons (Fsp3) is 0.0500. The van der Waals surface area contributed by atoms with Gasteiger partial charge in [-0.15, -0.1) is 0 Å². The van der Waals surface area contributed by atoms with Crippen molar-refractivity contribution < 1.29 is 9.53 Å². The van der Waals surface area contributed by atoms with Gasteiger partial charge in [-0.3, -0.25) is 4.79 Å². The van der Waals surface area contributed by atoms with Gasteiger partial charge in [0.05, 0.1) is 12.8 Å². The lowest BCUT2D eigenvalue weighted by atomic mass is 10.2. The van der Waals surface area contributed by atoms with Crippen molar-refractivity contribution in [2.24, 2.45) is 0 Å².